The molecule has 1 fully saturated rings. The second kappa shape index (κ2) is 11.9. The normalized spacial score (nSPS) is 16.9. The van der Waals surface area contributed by atoms with Gasteiger partial charge < -0.3 is 9.64 Å². The summed E-state index contributed by atoms with van der Waals surface area (Å²) in [5, 5.41) is 0. The molecule has 1 amide bonds. The maximum atomic E-state index is 13.6. The molecule has 0 bridgehead atoms. The van der Waals surface area contributed by atoms with Crippen molar-refractivity contribution in [2.24, 2.45) is 4.99 Å². The summed E-state index contributed by atoms with van der Waals surface area (Å²) >= 11 is 3.57. The van der Waals surface area contributed by atoms with Crippen LogP contribution in [0.2, 0.25) is 0 Å². The number of rotatable bonds is 9. The molecule has 3 aromatic rings. The average Bonchev–Trinajstić information content (AvgIpc) is 3.18. The van der Waals surface area contributed by atoms with Crippen LogP contribution >= 0.6 is 15.9 Å². The highest BCUT2D eigenvalue weighted by atomic mass is 79.9. The van der Waals surface area contributed by atoms with Gasteiger partial charge in [0.15, 0.2) is 0 Å². The molecule has 37 heavy (non-hydrogen) atoms. The van der Waals surface area contributed by atoms with E-state index in [1.807, 2.05) is 53.4 Å². The number of piperazine rings is 1. The molecule has 0 aliphatic carbocycles. The van der Waals surface area contributed by atoms with Crippen molar-refractivity contribution in [3.8, 4) is 5.75 Å². The second-order valence-corrected chi connectivity index (χ2v) is 10.4. The summed E-state index contributed by atoms with van der Waals surface area (Å²) in [4.78, 5) is 25.0. The number of hydrogen-bond donors (Lipinski definition) is 0. The highest BCUT2D eigenvalue weighted by Crippen LogP contribution is 2.34. The summed E-state index contributed by atoms with van der Waals surface area (Å²) in [5.74, 6) is 0.774. The molecule has 0 saturated carbocycles. The van der Waals surface area contributed by atoms with E-state index in [0.717, 1.165) is 66.4 Å². The number of anilines is 2. The Bertz CT molecular complexity index is 1240. The van der Waals surface area contributed by atoms with Crippen molar-refractivity contribution in [2.45, 2.75) is 26.2 Å². The molecular weight excluding hydrogens is 528 g/mol. The molecule has 6 nitrogen and oxygen atoms in total. The predicted molar refractivity (Wildman–Crippen MR) is 154 cm³/mol. The molecule has 3 aromatic carbocycles. The molecule has 1 saturated heterocycles. The van der Waals surface area contributed by atoms with Crippen molar-refractivity contribution < 1.29 is 9.53 Å². The van der Waals surface area contributed by atoms with E-state index in [4.69, 9.17) is 9.73 Å². The minimum Gasteiger partial charge on any atom is -0.494 e. The van der Waals surface area contributed by atoms with E-state index < -0.39 is 0 Å². The monoisotopic (exact) mass is 560 g/mol. The molecular formula is C30H33BrN4O2. The van der Waals surface area contributed by atoms with Crippen LogP contribution in [0.1, 0.15) is 31.7 Å². The summed E-state index contributed by atoms with van der Waals surface area (Å²) in [6, 6.07) is 24.2. The van der Waals surface area contributed by atoms with E-state index in [9.17, 15) is 4.79 Å². The quantitative estimate of drug-likeness (QED) is 0.289. The van der Waals surface area contributed by atoms with Gasteiger partial charge in [0, 0.05) is 41.9 Å². The van der Waals surface area contributed by atoms with Gasteiger partial charge in [0.2, 0.25) is 0 Å². The zero-order valence-electron chi connectivity index (χ0n) is 21.3. The molecule has 5 rings (SSSR count). The lowest BCUT2D eigenvalue weighted by atomic mass is 10.1. The molecule has 0 unspecified atom stereocenters. The van der Waals surface area contributed by atoms with Crippen LogP contribution in [-0.2, 0) is 4.79 Å². The topological polar surface area (TPSA) is 48.4 Å². The number of aliphatic imine (C=N–C) groups is 1. The van der Waals surface area contributed by atoms with Crippen LogP contribution in [0, 0.1) is 0 Å². The molecule has 0 N–H and O–H groups in total. The van der Waals surface area contributed by atoms with Gasteiger partial charge in [0.25, 0.3) is 5.91 Å². The number of carbonyl (C=O) groups is 1. The van der Waals surface area contributed by atoms with Crippen LogP contribution in [0.4, 0.5) is 17.1 Å². The van der Waals surface area contributed by atoms with Crippen molar-refractivity contribution in [2.75, 3.05) is 49.3 Å². The Morgan fingerprint density at radius 2 is 1.68 bits per heavy atom. The van der Waals surface area contributed by atoms with E-state index in [-0.39, 0.29) is 5.91 Å². The SMILES string of the molecule is CCCCCOc1ccc(N=C2C(=O)N(CN3CCN(c4ccccc4)CC3)c3ccc(Br)cc32)cc1. The average molecular weight is 562 g/mol. The largest absolute Gasteiger partial charge is 0.494 e. The van der Waals surface area contributed by atoms with Crippen LogP contribution in [0.15, 0.2) is 82.3 Å². The van der Waals surface area contributed by atoms with Crippen molar-refractivity contribution in [3.05, 3.63) is 82.8 Å². The lowest BCUT2D eigenvalue weighted by Gasteiger charge is -2.37. The van der Waals surface area contributed by atoms with Gasteiger partial charge in [0.1, 0.15) is 11.5 Å². The van der Waals surface area contributed by atoms with E-state index >= 15 is 0 Å². The predicted octanol–water partition coefficient (Wildman–Crippen LogP) is 6.27. The number of halogens is 1. The first kappa shape index (κ1) is 25.5. The fourth-order valence-electron chi connectivity index (χ4n) is 4.81. The van der Waals surface area contributed by atoms with E-state index in [0.29, 0.717) is 12.4 Å². The van der Waals surface area contributed by atoms with Crippen molar-refractivity contribution in [1.29, 1.82) is 0 Å². The Morgan fingerprint density at radius 3 is 2.41 bits per heavy atom. The van der Waals surface area contributed by atoms with Gasteiger partial charge in [-0.15, -0.1) is 0 Å². The third kappa shape index (κ3) is 6.05. The molecule has 0 spiro atoms. The number of fused-ring (bicyclic) bond motifs is 1. The van der Waals surface area contributed by atoms with Crippen LogP contribution in [0.3, 0.4) is 0 Å². The maximum Gasteiger partial charge on any atom is 0.278 e. The molecule has 2 aliphatic rings. The van der Waals surface area contributed by atoms with E-state index in [1.165, 1.54) is 18.5 Å². The lowest BCUT2D eigenvalue weighted by molar-refractivity contribution is -0.112. The molecule has 0 radical (unpaired) electrons. The third-order valence-corrected chi connectivity index (χ3v) is 7.37. The van der Waals surface area contributed by atoms with Gasteiger partial charge in [-0.3, -0.25) is 14.6 Å². The number of ether oxygens (including phenoxy) is 1. The fraction of sp³-hybridized carbons (Fsp3) is 0.333. The number of hydrogen-bond acceptors (Lipinski definition) is 5. The van der Waals surface area contributed by atoms with Crippen LogP contribution in [-0.4, -0.2) is 56.0 Å². The number of amides is 1. The minimum atomic E-state index is -0.0570. The number of benzene rings is 3. The molecule has 0 atom stereocenters. The first-order valence-electron chi connectivity index (χ1n) is 13.1. The second-order valence-electron chi connectivity index (χ2n) is 9.49. The highest BCUT2D eigenvalue weighted by Gasteiger charge is 2.35. The van der Waals surface area contributed by atoms with E-state index in [2.05, 4.69) is 56.9 Å². The van der Waals surface area contributed by atoms with Crippen molar-refractivity contribution in [1.82, 2.24) is 4.90 Å². The Hall–Kier alpha value is -3.16. The zero-order valence-corrected chi connectivity index (χ0v) is 22.9. The third-order valence-electron chi connectivity index (χ3n) is 6.88. The molecule has 7 heteroatoms. The van der Waals surface area contributed by atoms with Gasteiger partial charge in [0.05, 0.1) is 24.7 Å². The molecule has 0 aromatic heterocycles. The Morgan fingerprint density at radius 1 is 0.919 bits per heavy atom. The van der Waals surface area contributed by atoms with Crippen LogP contribution in [0.25, 0.3) is 0 Å². The van der Waals surface area contributed by atoms with Gasteiger partial charge in [-0.2, -0.15) is 0 Å². The number of carbonyl (C=O) groups excluding carboxylic acids is 1. The van der Waals surface area contributed by atoms with Crippen molar-refractivity contribution in [3.63, 3.8) is 0 Å². The number of para-hydroxylation sites is 1. The smallest absolute Gasteiger partial charge is 0.278 e. The van der Waals surface area contributed by atoms with Gasteiger partial charge in [-0.25, -0.2) is 4.99 Å². The number of nitrogens with zero attached hydrogens (tertiary/aromatic N) is 4. The van der Waals surface area contributed by atoms with Gasteiger partial charge in [-0.05, 0) is 61.0 Å². The first-order chi connectivity index (χ1) is 18.1. The summed E-state index contributed by atoms with van der Waals surface area (Å²) < 4.78 is 6.76. The molecule has 192 valence electrons. The minimum absolute atomic E-state index is 0.0570. The van der Waals surface area contributed by atoms with Gasteiger partial charge in [-0.1, -0.05) is 53.9 Å². The lowest BCUT2D eigenvalue weighted by Crippen LogP contribution is -2.51. The summed E-state index contributed by atoms with van der Waals surface area (Å²) in [6.45, 7) is 7.13. The molecule has 2 heterocycles. The summed E-state index contributed by atoms with van der Waals surface area (Å²) in [7, 11) is 0. The van der Waals surface area contributed by atoms with Crippen molar-refractivity contribution >= 4 is 44.6 Å². The first-order valence-corrected chi connectivity index (χ1v) is 13.9. The Labute approximate surface area is 227 Å². The Balaban J connectivity index is 1.29. The van der Waals surface area contributed by atoms with E-state index in [1.54, 1.807) is 0 Å². The summed E-state index contributed by atoms with van der Waals surface area (Å²) in [5.41, 5.74) is 4.25. The highest BCUT2D eigenvalue weighted by molar-refractivity contribution is 9.10. The molecule has 2 aliphatic heterocycles. The summed E-state index contributed by atoms with van der Waals surface area (Å²) in [6.07, 6.45) is 3.40. The number of unbranched alkanes of at least 4 members (excludes halogenated alkanes) is 2. The fourth-order valence-corrected chi connectivity index (χ4v) is 5.17. The standard InChI is InChI=1S/C30H33BrN4O2/c1-2-3-7-20-37-26-13-11-24(12-14-26)32-29-27-21-23(31)10-15-28(27)35(30(29)36)22-33-16-18-34(19-17-33)25-8-5-4-6-9-25/h4-6,8-15,21H,2-3,7,16-20,22H2,1H3. The van der Waals surface area contributed by atoms with Crippen LogP contribution < -0.4 is 14.5 Å². The zero-order chi connectivity index (χ0) is 25.6. The van der Waals surface area contributed by atoms with Crippen LogP contribution in [0.5, 0.6) is 5.75 Å². The van der Waals surface area contributed by atoms with Gasteiger partial charge >= 0.3 is 0 Å². The Kier molecular flexibility index (Phi) is 8.21. The maximum absolute atomic E-state index is 13.6.